The average molecular weight is 316 g/mol. The van der Waals surface area contributed by atoms with Crippen LogP contribution >= 0.6 is 0 Å². The molecular weight excluding hydrogens is 292 g/mol. The monoisotopic (exact) mass is 316 g/mol. The van der Waals surface area contributed by atoms with E-state index in [1.54, 1.807) is 17.3 Å². The van der Waals surface area contributed by atoms with Crippen LogP contribution in [0.15, 0.2) is 18.5 Å². The summed E-state index contributed by atoms with van der Waals surface area (Å²) < 4.78 is 0. The van der Waals surface area contributed by atoms with Crippen LogP contribution in [0.1, 0.15) is 32.6 Å². The summed E-state index contributed by atoms with van der Waals surface area (Å²) >= 11 is 0. The second-order valence-electron chi connectivity index (χ2n) is 6.26. The highest BCUT2D eigenvalue weighted by molar-refractivity contribution is 5.99. The predicted molar refractivity (Wildman–Crippen MR) is 89.3 cm³/mol. The number of nitrogens with zero attached hydrogens (tertiary/aromatic N) is 3. The summed E-state index contributed by atoms with van der Waals surface area (Å²) in [5.74, 6) is -0.285. The van der Waals surface area contributed by atoms with E-state index in [0.717, 1.165) is 24.5 Å². The van der Waals surface area contributed by atoms with E-state index in [-0.39, 0.29) is 17.7 Å². The lowest BCUT2D eigenvalue weighted by atomic mass is 10.1. The molecule has 2 aliphatic heterocycles. The molecule has 0 unspecified atom stereocenters. The molecule has 2 aliphatic rings. The van der Waals surface area contributed by atoms with Gasteiger partial charge in [0.05, 0.1) is 23.5 Å². The van der Waals surface area contributed by atoms with Crippen LogP contribution in [0, 0.1) is 5.92 Å². The number of likely N-dealkylation sites (tertiary alicyclic amines) is 1. The molecule has 0 radical (unpaired) electrons. The Morgan fingerprint density at radius 2 is 2.13 bits per heavy atom. The Bertz CT molecular complexity index is 584. The molecule has 0 aromatic carbocycles. The maximum absolute atomic E-state index is 12.5. The van der Waals surface area contributed by atoms with Gasteiger partial charge in [-0.3, -0.25) is 14.6 Å². The van der Waals surface area contributed by atoms with E-state index in [4.69, 9.17) is 0 Å². The van der Waals surface area contributed by atoms with Crippen molar-refractivity contribution in [1.82, 2.24) is 9.88 Å². The zero-order valence-electron chi connectivity index (χ0n) is 13.6. The van der Waals surface area contributed by atoms with E-state index in [9.17, 15) is 9.59 Å². The Hall–Kier alpha value is -2.11. The van der Waals surface area contributed by atoms with Crippen LogP contribution in [0.5, 0.6) is 0 Å². The van der Waals surface area contributed by atoms with Gasteiger partial charge in [-0.2, -0.15) is 0 Å². The van der Waals surface area contributed by atoms with Gasteiger partial charge < -0.3 is 15.1 Å². The van der Waals surface area contributed by atoms with Crippen LogP contribution in [0.3, 0.4) is 0 Å². The summed E-state index contributed by atoms with van der Waals surface area (Å²) in [6, 6.07) is 1.96. The first-order valence-electron chi connectivity index (χ1n) is 8.46. The number of anilines is 2. The van der Waals surface area contributed by atoms with Gasteiger partial charge in [-0.1, -0.05) is 0 Å². The number of carbonyl (C=O) groups excluding carboxylic acids is 2. The molecule has 23 heavy (non-hydrogen) atoms. The summed E-state index contributed by atoms with van der Waals surface area (Å²) in [4.78, 5) is 32.5. The third kappa shape index (κ3) is 3.46. The Labute approximate surface area is 136 Å². The number of hydrogen-bond donors (Lipinski definition) is 1. The van der Waals surface area contributed by atoms with Crippen molar-refractivity contribution in [3.8, 4) is 0 Å². The minimum atomic E-state index is -0.267. The van der Waals surface area contributed by atoms with Crippen LogP contribution < -0.4 is 10.2 Å². The van der Waals surface area contributed by atoms with Gasteiger partial charge in [-0.05, 0) is 32.3 Å². The number of hydrogen-bond acceptors (Lipinski definition) is 4. The first kappa shape index (κ1) is 15.8. The van der Waals surface area contributed by atoms with Gasteiger partial charge in [-0.15, -0.1) is 0 Å². The lowest BCUT2D eigenvalue weighted by Crippen LogP contribution is -2.32. The molecule has 6 heteroatoms. The Morgan fingerprint density at radius 3 is 2.83 bits per heavy atom. The van der Waals surface area contributed by atoms with Crippen molar-refractivity contribution in [3.63, 3.8) is 0 Å². The number of pyridine rings is 1. The average Bonchev–Trinajstić information content (AvgIpc) is 2.97. The van der Waals surface area contributed by atoms with Crippen molar-refractivity contribution in [2.45, 2.75) is 32.6 Å². The van der Waals surface area contributed by atoms with E-state index >= 15 is 0 Å². The number of aromatic nitrogens is 1. The lowest BCUT2D eigenvalue weighted by molar-refractivity contribution is -0.128. The van der Waals surface area contributed by atoms with Gasteiger partial charge >= 0.3 is 0 Å². The third-order valence-corrected chi connectivity index (χ3v) is 4.72. The molecule has 0 saturated carbocycles. The number of rotatable bonds is 4. The third-order valence-electron chi connectivity index (χ3n) is 4.72. The standard InChI is InChI=1S/C17H24N4O2/c1-2-20-12-13(10-16(20)22)17(23)19-14-11-18-7-6-15(14)21-8-4-3-5-9-21/h6-7,11,13H,2-5,8-10,12H2,1H3,(H,19,23)/t13-/m1/s1. The molecule has 1 atom stereocenters. The highest BCUT2D eigenvalue weighted by Crippen LogP contribution is 2.28. The molecule has 1 N–H and O–H groups in total. The van der Waals surface area contributed by atoms with Crippen molar-refractivity contribution in [3.05, 3.63) is 18.5 Å². The van der Waals surface area contributed by atoms with Gasteiger partial charge in [0, 0.05) is 38.8 Å². The Balaban J connectivity index is 1.70. The fraction of sp³-hybridized carbons (Fsp3) is 0.588. The quantitative estimate of drug-likeness (QED) is 0.921. The molecule has 2 amide bonds. The number of nitrogens with one attached hydrogen (secondary N) is 1. The molecule has 0 spiro atoms. The zero-order chi connectivity index (χ0) is 16.2. The maximum atomic E-state index is 12.5. The summed E-state index contributed by atoms with van der Waals surface area (Å²) in [7, 11) is 0. The summed E-state index contributed by atoms with van der Waals surface area (Å²) in [6.07, 6.45) is 7.39. The molecule has 3 rings (SSSR count). The molecule has 1 aromatic heterocycles. The summed E-state index contributed by atoms with van der Waals surface area (Å²) in [5.41, 5.74) is 1.78. The van der Waals surface area contributed by atoms with E-state index in [1.165, 1.54) is 19.3 Å². The van der Waals surface area contributed by atoms with Gasteiger partial charge in [0.15, 0.2) is 0 Å². The molecule has 3 heterocycles. The number of piperidine rings is 1. The van der Waals surface area contributed by atoms with Gasteiger partial charge in [-0.25, -0.2) is 0 Å². The summed E-state index contributed by atoms with van der Waals surface area (Å²) in [6.45, 7) is 5.14. The smallest absolute Gasteiger partial charge is 0.229 e. The van der Waals surface area contributed by atoms with Crippen molar-refractivity contribution in [2.75, 3.05) is 36.4 Å². The van der Waals surface area contributed by atoms with Crippen molar-refractivity contribution in [2.24, 2.45) is 5.92 Å². The first-order chi connectivity index (χ1) is 11.2. The van der Waals surface area contributed by atoms with Crippen molar-refractivity contribution in [1.29, 1.82) is 0 Å². The minimum absolute atomic E-state index is 0.0649. The Kier molecular flexibility index (Phi) is 4.79. The van der Waals surface area contributed by atoms with Gasteiger partial charge in [0.2, 0.25) is 11.8 Å². The topological polar surface area (TPSA) is 65.5 Å². The van der Waals surface area contributed by atoms with Gasteiger partial charge in [0.1, 0.15) is 0 Å². The molecule has 0 aliphatic carbocycles. The second-order valence-corrected chi connectivity index (χ2v) is 6.26. The SMILES string of the molecule is CCN1C[C@H](C(=O)Nc2cnccc2N2CCCCC2)CC1=O. The zero-order valence-corrected chi connectivity index (χ0v) is 13.6. The molecule has 0 bridgehead atoms. The summed E-state index contributed by atoms with van der Waals surface area (Å²) in [5, 5.41) is 2.99. The molecule has 124 valence electrons. The minimum Gasteiger partial charge on any atom is -0.370 e. The largest absolute Gasteiger partial charge is 0.370 e. The highest BCUT2D eigenvalue weighted by atomic mass is 16.2. The second kappa shape index (κ2) is 6.98. The molecule has 2 fully saturated rings. The van der Waals surface area contributed by atoms with E-state index in [1.807, 2.05) is 13.0 Å². The van der Waals surface area contributed by atoms with E-state index in [2.05, 4.69) is 15.2 Å². The van der Waals surface area contributed by atoms with E-state index < -0.39 is 0 Å². The first-order valence-corrected chi connectivity index (χ1v) is 8.46. The van der Waals surface area contributed by atoms with E-state index in [0.29, 0.717) is 19.5 Å². The molecule has 1 aromatic rings. The van der Waals surface area contributed by atoms with Crippen molar-refractivity contribution >= 4 is 23.2 Å². The van der Waals surface area contributed by atoms with Crippen LogP contribution in [0.4, 0.5) is 11.4 Å². The number of amides is 2. The van der Waals surface area contributed by atoms with Crippen molar-refractivity contribution < 1.29 is 9.59 Å². The normalized spacial score (nSPS) is 21.6. The lowest BCUT2D eigenvalue weighted by Gasteiger charge is -2.30. The maximum Gasteiger partial charge on any atom is 0.229 e. The van der Waals surface area contributed by atoms with Crippen LogP contribution in [0.2, 0.25) is 0 Å². The van der Waals surface area contributed by atoms with Gasteiger partial charge in [0.25, 0.3) is 0 Å². The van der Waals surface area contributed by atoms with Crippen LogP contribution in [-0.4, -0.2) is 47.9 Å². The number of carbonyl (C=O) groups is 2. The predicted octanol–water partition coefficient (Wildman–Crippen LogP) is 1.88. The fourth-order valence-corrected chi connectivity index (χ4v) is 3.38. The van der Waals surface area contributed by atoms with Crippen LogP contribution in [-0.2, 0) is 9.59 Å². The Morgan fingerprint density at radius 1 is 1.35 bits per heavy atom. The molecule has 2 saturated heterocycles. The molecular formula is C17H24N4O2. The highest BCUT2D eigenvalue weighted by Gasteiger charge is 2.33. The molecule has 6 nitrogen and oxygen atoms in total. The fourth-order valence-electron chi connectivity index (χ4n) is 3.38. The van der Waals surface area contributed by atoms with Crippen LogP contribution in [0.25, 0.3) is 0 Å².